The highest BCUT2D eigenvalue weighted by Gasteiger charge is 2.20. The van der Waals surface area contributed by atoms with E-state index in [2.05, 4.69) is 15.6 Å². The number of hydrogen-bond donors (Lipinski definition) is 2. The van der Waals surface area contributed by atoms with E-state index in [0.717, 1.165) is 31.2 Å². The molecule has 1 heterocycles. The number of anilines is 2. The second kappa shape index (κ2) is 10.2. The van der Waals surface area contributed by atoms with Crippen LogP contribution in [0.15, 0.2) is 60.9 Å². The number of para-hydroxylation sites is 1. The molecule has 0 spiro atoms. The smallest absolute Gasteiger partial charge is 0.257 e. The molecule has 7 heteroatoms. The zero-order valence-electron chi connectivity index (χ0n) is 18.8. The summed E-state index contributed by atoms with van der Waals surface area (Å²) in [5, 5.41) is 5.79. The van der Waals surface area contributed by atoms with Crippen LogP contribution in [-0.4, -0.2) is 30.0 Å². The molecule has 0 unspecified atom stereocenters. The Hall–Kier alpha value is -3.87. The van der Waals surface area contributed by atoms with E-state index < -0.39 is 0 Å². The van der Waals surface area contributed by atoms with E-state index >= 15 is 0 Å². The summed E-state index contributed by atoms with van der Waals surface area (Å²) in [6.45, 7) is 1.85. The van der Waals surface area contributed by atoms with Crippen LogP contribution in [0.5, 0.6) is 11.5 Å². The number of ether oxygens (including phenoxy) is 2. The Balaban J connectivity index is 1.55. The van der Waals surface area contributed by atoms with Crippen LogP contribution in [0.4, 0.5) is 11.4 Å². The Morgan fingerprint density at radius 2 is 1.70 bits per heavy atom. The fourth-order valence-corrected chi connectivity index (χ4v) is 3.94. The monoisotopic (exact) mass is 445 g/mol. The Bertz CT molecular complexity index is 1140. The van der Waals surface area contributed by atoms with Crippen molar-refractivity contribution in [2.75, 3.05) is 17.7 Å². The van der Waals surface area contributed by atoms with Crippen LogP contribution in [0.1, 0.15) is 52.0 Å². The van der Waals surface area contributed by atoms with E-state index in [4.69, 9.17) is 9.47 Å². The van der Waals surface area contributed by atoms with E-state index in [1.165, 1.54) is 0 Å². The third kappa shape index (κ3) is 5.31. The average Bonchev–Trinajstić information content (AvgIpc) is 3.34. The van der Waals surface area contributed by atoms with Crippen LogP contribution in [0.3, 0.4) is 0 Å². The Labute approximate surface area is 193 Å². The normalized spacial score (nSPS) is 13.4. The lowest BCUT2D eigenvalue weighted by Gasteiger charge is -2.18. The molecule has 33 heavy (non-hydrogen) atoms. The summed E-state index contributed by atoms with van der Waals surface area (Å²) in [6, 6.07) is 13.9. The van der Waals surface area contributed by atoms with Crippen LogP contribution in [0.25, 0.3) is 0 Å². The fourth-order valence-electron chi connectivity index (χ4n) is 3.94. The minimum Gasteiger partial charge on any atom is -0.493 e. The van der Waals surface area contributed by atoms with E-state index in [1.54, 1.807) is 62.0 Å². The number of nitrogens with zero attached hydrogens (tertiary/aromatic N) is 1. The van der Waals surface area contributed by atoms with Crippen LogP contribution in [0.2, 0.25) is 0 Å². The summed E-state index contributed by atoms with van der Waals surface area (Å²) in [6.07, 6.45) is 7.62. The highest BCUT2D eigenvalue weighted by molar-refractivity contribution is 6.13. The summed E-state index contributed by atoms with van der Waals surface area (Å²) < 4.78 is 11.6. The number of aryl methyl sites for hydroxylation is 1. The first kappa shape index (κ1) is 22.3. The SMILES string of the molecule is COc1ccc(NC(=O)c2cccc(C)c2NC(=O)c2ccncc2)cc1OC1CCCC1. The zero-order valence-corrected chi connectivity index (χ0v) is 18.8. The van der Waals surface area contributed by atoms with Crippen molar-refractivity contribution in [3.8, 4) is 11.5 Å². The van der Waals surface area contributed by atoms with Gasteiger partial charge in [0, 0.05) is 29.7 Å². The van der Waals surface area contributed by atoms with Gasteiger partial charge < -0.3 is 20.1 Å². The van der Waals surface area contributed by atoms with Crippen molar-refractivity contribution in [3.63, 3.8) is 0 Å². The topological polar surface area (TPSA) is 89.6 Å². The lowest BCUT2D eigenvalue weighted by atomic mass is 10.1. The summed E-state index contributed by atoms with van der Waals surface area (Å²) in [5.74, 6) is 0.594. The lowest BCUT2D eigenvalue weighted by molar-refractivity contribution is 0.102. The van der Waals surface area contributed by atoms with Gasteiger partial charge in [-0.3, -0.25) is 14.6 Å². The van der Waals surface area contributed by atoms with E-state index in [0.29, 0.717) is 34.0 Å². The number of methoxy groups -OCH3 is 1. The quantitative estimate of drug-likeness (QED) is 0.520. The molecular formula is C26H27N3O4. The molecule has 4 rings (SSSR count). The van der Waals surface area contributed by atoms with Gasteiger partial charge in [-0.05, 0) is 68.5 Å². The third-order valence-corrected chi connectivity index (χ3v) is 5.72. The van der Waals surface area contributed by atoms with Crippen molar-refractivity contribution in [2.45, 2.75) is 38.7 Å². The third-order valence-electron chi connectivity index (χ3n) is 5.72. The maximum Gasteiger partial charge on any atom is 0.257 e. The number of nitrogens with one attached hydrogen (secondary N) is 2. The first-order chi connectivity index (χ1) is 16.0. The Morgan fingerprint density at radius 3 is 2.42 bits per heavy atom. The van der Waals surface area contributed by atoms with Crippen molar-refractivity contribution in [1.82, 2.24) is 4.98 Å². The summed E-state index contributed by atoms with van der Waals surface area (Å²) in [5.41, 5.74) is 2.66. The number of carbonyl (C=O) groups excluding carboxylic acids is 2. The molecule has 0 bridgehead atoms. The van der Waals surface area contributed by atoms with Crippen molar-refractivity contribution in [1.29, 1.82) is 0 Å². The molecule has 1 aromatic heterocycles. The lowest BCUT2D eigenvalue weighted by Crippen LogP contribution is -2.19. The Kier molecular flexibility index (Phi) is 6.88. The van der Waals surface area contributed by atoms with Gasteiger partial charge in [0.1, 0.15) is 0 Å². The number of benzene rings is 2. The van der Waals surface area contributed by atoms with Crippen molar-refractivity contribution in [3.05, 3.63) is 77.6 Å². The average molecular weight is 446 g/mol. The molecule has 1 aliphatic rings. The molecule has 0 radical (unpaired) electrons. The second-order valence-corrected chi connectivity index (χ2v) is 8.03. The van der Waals surface area contributed by atoms with Gasteiger partial charge in [-0.2, -0.15) is 0 Å². The number of hydrogen-bond acceptors (Lipinski definition) is 5. The van der Waals surface area contributed by atoms with Crippen LogP contribution >= 0.6 is 0 Å². The summed E-state index contributed by atoms with van der Waals surface area (Å²) in [7, 11) is 1.60. The van der Waals surface area contributed by atoms with Gasteiger partial charge in [-0.1, -0.05) is 12.1 Å². The summed E-state index contributed by atoms with van der Waals surface area (Å²) >= 11 is 0. The van der Waals surface area contributed by atoms with Crippen LogP contribution in [-0.2, 0) is 0 Å². The van der Waals surface area contributed by atoms with Gasteiger partial charge in [0.25, 0.3) is 11.8 Å². The van der Waals surface area contributed by atoms with E-state index in [9.17, 15) is 9.59 Å². The van der Waals surface area contributed by atoms with Gasteiger partial charge in [0.15, 0.2) is 11.5 Å². The van der Waals surface area contributed by atoms with Gasteiger partial charge in [-0.15, -0.1) is 0 Å². The molecule has 2 N–H and O–H groups in total. The first-order valence-electron chi connectivity index (χ1n) is 11.0. The molecule has 3 aromatic rings. The van der Waals surface area contributed by atoms with Gasteiger partial charge in [0.2, 0.25) is 0 Å². The zero-order chi connectivity index (χ0) is 23.2. The molecule has 1 saturated carbocycles. The molecule has 170 valence electrons. The number of pyridine rings is 1. The van der Waals surface area contributed by atoms with E-state index in [-0.39, 0.29) is 17.9 Å². The fraction of sp³-hybridized carbons (Fsp3) is 0.269. The molecular weight excluding hydrogens is 418 g/mol. The van der Waals surface area contributed by atoms with Gasteiger partial charge in [-0.25, -0.2) is 0 Å². The molecule has 1 aliphatic carbocycles. The molecule has 1 fully saturated rings. The summed E-state index contributed by atoms with van der Waals surface area (Å²) in [4.78, 5) is 29.8. The maximum atomic E-state index is 13.2. The number of rotatable bonds is 7. The highest BCUT2D eigenvalue weighted by atomic mass is 16.5. The van der Waals surface area contributed by atoms with Gasteiger partial charge in [0.05, 0.1) is 24.5 Å². The van der Waals surface area contributed by atoms with E-state index in [1.807, 2.05) is 13.0 Å². The van der Waals surface area contributed by atoms with Crippen LogP contribution < -0.4 is 20.1 Å². The number of aromatic nitrogens is 1. The molecule has 7 nitrogen and oxygen atoms in total. The standard InChI is InChI=1S/C26H27N3O4/c1-17-6-5-9-21(24(17)29-25(30)18-12-14-27-15-13-18)26(31)28-19-10-11-22(32-2)23(16-19)33-20-7-3-4-8-20/h5-6,9-16,20H,3-4,7-8H2,1-2H3,(H,28,31)(H,29,30). The predicted octanol–water partition coefficient (Wildman–Crippen LogP) is 5.22. The minimum absolute atomic E-state index is 0.164. The van der Waals surface area contributed by atoms with Crippen molar-refractivity contribution in [2.24, 2.45) is 0 Å². The molecule has 0 aliphatic heterocycles. The highest BCUT2D eigenvalue weighted by Crippen LogP contribution is 2.34. The minimum atomic E-state index is -0.333. The first-order valence-corrected chi connectivity index (χ1v) is 11.0. The second-order valence-electron chi connectivity index (χ2n) is 8.03. The van der Waals surface area contributed by atoms with Crippen molar-refractivity contribution < 1.29 is 19.1 Å². The number of amides is 2. The largest absolute Gasteiger partial charge is 0.493 e. The number of carbonyl (C=O) groups is 2. The predicted molar refractivity (Wildman–Crippen MR) is 127 cm³/mol. The van der Waals surface area contributed by atoms with Crippen LogP contribution in [0, 0.1) is 6.92 Å². The molecule has 0 atom stereocenters. The molecule has 2 amide bonds. The van der Waals surface area contributed by atoms with Gasteiger partial charge >= 0.3 is 0 Å². The molecule has 0 saturated heterocycles. The van der Waals surface area contributed by atoms with Crippen molar-refractivity contribution >= 4 is 23.2 Å². The Morgan fingerprint density at radius 1 is 0.939 bits per heavy atom. The maximum absolute atomic E-state index is 13.2. The molecule has 2 aromatic carbocycles.